The maximum atomic E-state index is 12.1. The molecule has 0 spiro atoms. The molecule has 0 radical (unpaired) electrons. The molecular weight excluding hydrogens is 246 g/mol. The minimum atomic E-state index is 0.0600. The molecule has 0 aliphatic heterocycles. The predicted octanol–water partition coefficient (Wildman–Crippen LogP) is 2.43. The molecule has 2 unspecified atom stereocenters. The van der Waals surface area contributed by atoms with E-state index >= 15 is 0 Å². The van der Waals surface area contributed by atoms with E-state index in [0.717, 1.165) is 5.75 Å². The zero-order valence-corrected chi connectivity index (χ0v) is 12.5. The Balaban J connectivity index is 2.47. The van der Waals surface area contributed by atoms with Crippen molar-refractivity contribution in [2.45, 2.75) is 51.5 Å². The lowest BCUT2D eigenvalue weighted by Crippen LogP contribution is -2.44. The fourth-order valence-electron chi connectivity index (χ4n) is 2.75. The highest BCUT2D eigenvalue weighted by Gasteiger charge is 2.26. The van der Waals surface area contributed by atoms with E-state index in [4.69, 9.17) is 5.11 Å². The highest BCUT2D eigenvalue weighted by molar-refractivity contribution is 7.98. The van der Waals surface area contributed by atoms with Gasteiger partial charge in [-0.2, -0.15) is 11.8 Å². The highest BCUT2D eigenvalue weighted by atomic mass is 32.2. The number of aliphatic hydroxyl groups excluding tert-OH is 1. The minimum Gasteiger partial charge on any atom is -0.396 e. The van der Waals surface area contributed by atoms with Crippen LogP contribution < -0.4 is 5.32 Å². The number of carbonyl (C=O) groups is 1. The van der Waals surface area contributed by atoms with Gasteiger partial charge in [-0.05, 0) is 31.4 Å². The molecular formula is C14H27NO2S. The average Bonchev–Trinajstić information content (AvgIpc) is 2.39. The minimum absolute atomic E-state index is 0.0600. The van der Waals surface area contributed by atoms with Crippen molar-refractivity contribution < 1.29 is 9.90 Å². The zero-order chi connectivity index (χ0) is 13.4. The number of hydrogen-bond acceptors (Lipinski definition) is 3. The fraction of sp³-hybridized carbons (Fsp3) is 0.929. The first-order chi connectivity index (χ1) is 8.69. The lowest BCUT2D eigenvalue weighted by molar-refractivity contribution is -0.125. The summed E-state index contributed by atoms with van der Waals surface area (Å²) >= 11 is 1.70. The van der Waals surface area contributed by atoms with Crippen LogP contribution in [0.5, 0.6) is 0 Å². The molecule has 1 aliphatic carbocycles. The molecule has 18 heavy (non-hydrogen) atoms. The number of nitrogens with one attached hydrogen (secondary N) is 1. The molecule has 4 heteroatoms. The van der Waals surface area contributed by atoms with Crippen LogP contribution in [0.3, 0.4) is 0 Å². The van der Waals surface area contributed by atoms with Crippen molar-refractivity contribution in [1.82, 2.24) is 5.32 Å². The molecule has 1 amide bonds. The van der Waals surface area contributed by atoms with E-state index in [1.54, 1.807) is 11.8 Å². The lowest BCUT2D eigenvalue weighted by atomic mass is 9.82. The molecule has 1 rings (SSSR count). The Labute approximate surface area is 115 Å². The summed E-state index contributed by atoms with van der Waals surface area (Å²) in [7, 11) is 0. The van der Waals surface area contributed by atoms with Crippen LogP contribution >= 0.6 is 11.8 Å². The molecule has 1 aliphatic rings. The maximum absolute atomic E-state index is 12.1. The lowest BCUT2D eigenvalue weighted by Gasteiger charge is -2.31. The standard InChI is InChI=1S/C14H27NO2S/c1-11(10-18-2)14(17)15-13(8-9-16)12-6-4-3-5-7-12/h11-13,16H,3-10H2,1-2H3,(H,15,17). The summed E-state index contributed by atoms with van der Waals surface area (Å²) in [5.41, 5.74) is 0. The van der Waals surface area contributed by atoms with Gasteiger partial charge in [-0.15, -0.1) is 0 Å². The van der Waals surface area contributed by atoms with E-state index < -0.39 is 0 Å². The first kappa shape index (κ1) is 15.8. The molecule has 1 saturated carbocycles. The topological polar surface area (TPSA) is 49.3 Å². The van der Waals surface area contributed by atoms with Crippen molar-refractivity contribution >= 4 is 17.7 Å². The van der Waals surface area contributed by atoms with Gasteiger partial charge in [0.15, 0.2) is 0 Å². The van der Waals surface area contributed by atoms with Crippen LogP contribution in [0.2, 0.25) is 0 Å². The second-order valence-corrected chi connectivity index (χ2v) is 6.29. The zero-order valence-electron chi connectivity index (χ0n) is 11.7. The number of rotatable bonds is 7. The number of thioether (sulfide) groups is 1. The van der Waals surface area contributed by atoms with E-state index in [1.165, 1.54) is 32.1 Å². The van der Waals surface area contributed by atoms with Gasteiger partial charge in [0, 0.05) is 24.3 Å². The summed E-state index contributed by atoms with van der Waals surface area (Å²) in [6.07, 6.45) is 8.97. The summed E-state index contributed by atoms with van der Waals surface area (Å²) in [6.45, 7) is 2.14. The van der Waals surface area contributed by atoms with Gasteiger partial charge < -0.3 is 10.4 Å². The quantitative estimate of drug-likeness (QED) is 0.749. The third-order valence-corrected chi connectivity index (χ3v) is 4.68. The van der Waals surface area contributed by atoms with Gasteiger partial charge >= 0.3 is 0 Å². The molecule has 0 aromatic heterocycles. The fourth-order valence-corrected chi connectivity index (χ4v) is 3.40. The summed E-state index contributed by atoms with van der Waals surface area (Å²) in [6, 6.07) is 0.173. The van der Waals surface area contributed by atoms with Crippen LogP contribution in [-0.4, -0.2) is 35.7 Å². The smallest absolute Gasteiger partial charge is 0.223 e. The molecule has 106 valence electrons. The van der Waals surface area contributed by atoms with Gasteiger partial charge in [0.05, 0.1) is 0 Å². The average molecular weight is 273 g/mol. The second kappa shape index (κ2) is 8.81. The van der Waals surface area contributed by atoms with Crippen LogP contribution in [0.25, 0.3) is 0 Å². The van der Waals surface area contributed by atoms with Crippen molar-refractivity contribution in [3.8, 4) is 0 Å². The van der Waals surface area contributed by atoms with E-state index in [-0.39, 0.29) is 24.5 Å². The van der Waals surface area contributed by atoms with E-state index in [1.807, 2.05) is 13.2 Å². The van der Waals surface area contributed by atoms with Gasteiger partial charge in [-0.25, -0.2) is 0 Å². The Kier molecular flexibility index (Phi) is 7.75. The second-order valence-electron chi connectivity index (χ2n) is 5.38. The van der Waals surface area contributed by atoms with Gasteiger partial charge in [0.1, 0.15) is 0 Å². The van der Waals surface area contributed by atoms with Gasteiger partial charge in [0.2, 0.25) is 5.91 Å². The van der Waals surface area contributed by atoms with Crippen molar-refractivity contribution in [2.75, 3.05) is 18.6 Å². The maximum Gasteiger partial charge on any atom is 0.223 e. The molecule has 3 nitrogen and oxygen atoms in total. The monoisotopic (exact) mass is 273 g/mol. The Bertz CT molecular complexity index is 242. The van der Waals surface area contributed by atoms with E-state index in [2.05, 4.69) is 5.32 Å². The van der Waals surface area contributed by atoms with Gasteiger partial charge in [0.25, 0.3) is 0 Å². The van der Waals surface area contributed by atoms with Crippen molar-refractivity contribution in [3.05, 3.63) is 0 Å². The summed E-state index contributed by atoms with van der Waals surface area (Å²) in [4.78, 5) is 12.1. The molecule has 0 heterocycles. The number of carbonyl (C=O) groups excluding carboxylic acids is 1. The molecule has 0 aromatic carbocycles. The highest BCUT2D eigenvalue weighted by Crippen LogP contribution is 2.27. The number of hydrogen-bond donors (Lipinski definition) is 2. The van der Waals surface area contributed by atoms with Crippen molar-refractivity contribution in [2.24, 2.45) is 11.8 Å². The Morgan fingerprint density at radius 2 is 2.06 bits per heavy atom. The molecule has 2 N–H and O–H groups in total. The van der Waals surface area contributed by atoms with Crippen LogP contribution in [0.4, 0.5) is 0 Å². The van der Waals surface area contributed by atoms with Crippen LogP contribution in [0.15, 0.2) is 0 Å². The van der Waals surface area contributed by atoms with Crippen molar-refractivity contribution in [3.63, 3.8) is 0 Å². The number of aliphatic hydroxyl groups is 1. The molecule has 0 aromatic rings. The molecule has 0 saturated heterocycles. The third-order valence-electron chi connectivity index (χ3n) is 3.85. The summed E-state index contributed by atoms with van der Waals surface area (Å²) < 4.78 is 0. The third kappa shape index (κ3) is 5.19. The van der Waals surface area contributed by atoms with Crippen molar-refractivity contribution in [1.29, 1.82) is 0 Å². The number of amides is 1. The SMILES string of the molecule is CSCC(C)C(=O)NC(CCO)C1CCCCC1. The van der Waals surface area contributed by atoms with E-state index in [0.29, 0.717) is 12.3 Å². The normalized spacial score (nSPS) is 20.4. The Morgan fingerprint density at radius 3 is 2.61 bits per heavy atom. The largest absolute Gasteiger partial charge is 0.396 e. The first-order valence-corrected chi connectivity index (χ1v) is 8.48. The van der Waals surface area contributed by atoms with Crippen LogP contribution in [0.1, 0.15) is 45.4 Å². The van der Waals surface area contributed by atoms with Crippen LogP contribution in [-0.2, 0) is 4.79 Å². The first-order valence-electron chi connectivity index (χ1n) is 7.09. The predicted molar refractivity (Wildman–Crippen MR) is 77.8 cm³/mol. The summed E-state index contributed by atoms with van der Waals surface area (Å²) in [5, 5.41) is 12.3. The van der Waals surface area contributed by atoms with Gasteiger partial charge in [-0.1, -0.05) is 26.2 Å². The van der Waals surface area contributed by atoms with Gasteiger partial charge in [-0.3, -0.25) is 4.79 Å². The summed E-state index contributed by atoms with van der Waals surface area (Å²) in [5.74, 6) is 1.64. The Morgan fingerprint density at radius 1 is 1.39 bits per heavy atom. The van der Waals surface area contributed by atoms with E-state index in [9.17, 15) is 4.79 Å². The molecule has 1 fully saturated rings. The van der Waals surface area contributed by atoms with Crippen LogP contribution in [0, 0.1) is 11.8 Å². The molecule has 2 atom stereocenters. The molecule has 0 bridgehead atoms. The Hall–Kier alpha value is -0.220.